The lowest BCUT2D eigenvalue weighted by molar-refractivity contribution is -0.136. The van der Waals surface area contributed by atoms with Crippen LogP contribution in [0, 0.1) is 5.92 Å². The first-order valence-corrected chi connectivity index (χ1v) is 14.0. The molecule has 4 rings (SSSR count). The molecule has 0 saturated carbocycles. The van der Waals surface area contributed by atoms with E-state index in [2.05, 4.69) is 0 Å². The topological polar surface area (TPSA) is 87.2 Å². The van der Waals surface area contributed by atoms with E-state index in [-0.39, 0.29) is 34.8 Å². The van der Waals surface area contributed by atoms with E-state index in [1.165, 1.54) is 29.3 Å². The van der Waals surface area contributed by atoms with Crippen molar-refractivity contribution in [2.75, 3.05) is 39.3 Å². The molecule has 0 radical (unpaired) electrons. The number of amides is 2. The third-order valence-electron chi connectivity index (χ3n) is 7.17. The fourth-order valence-electron chi connectivity index (χ4n) is 5.31. The van der Waals surface area contributed by atoms with Crippen LogP contribution in [-0.4, -0.2) is 85.8 Å². The summed E-state index contributed by atoms with van der Waals surface area (Å²) >= 11 is 0. The first-order chi connectivity index (χ1) is 16.3. The van der Waals surface area contributed by atoms with Crippen molar-refractivity contribution in [3.8, 4) is 0 Å². The maximum Gasteiger partial charge on any atom is 0.253 e. The SMILES string of the molecule is C[C@@H]1CN(S(=O)(=O)c2ccc(C(=O)N3CCC(C(=O)N4CCCCCC4)CC3)cc2)C[C@@H](C)O1. The molecule has 8 nitrogen and oxygen atoms in total. The number of hydrogen-bond donors (Lipinski definition) is 0. The highest BCUT2D eigenvalue weighted by Gasteiger charge is 2.33. The lowest BCUT2D eigenvalue weighted by atomic mass is 9.94. The summed E-state index contributed by atoms with van der Waals surface area (Å²) < 4.78 is 33.2. The van der Waals surface area contributed by atoms with Crippen LogP contribution in [0.3, 0.4) is 0 Å². The number of piperidine rings is 1. The van der Waals surface area contributed by atoms with Crippen LogP contribution in [0.25, 0.3) is 0 Å². The summed E-state index contributed by atoms with van der Waals surface area (Å²) in [4.78, 5) is 29.9. The molecule has 0 bridgehead atoms. The minimum atomic E-state index is -3.64. The zero-order chi connectivity index (χ0) is 24.3. The average Bonchev–Trinajstić information content (AvgIpc) is 3.12. The maximum atomic E-state index is 13.1. The maximum absolute atomic E-state index is 13.1. The van der Waals surface area contributed by atoms with Gasteiger partial charge in [0.2, 0.25) is 15.9 Å². The van der Waals surface area contributed by atoms with Gasteiger partial charge in [-0.05, 0) is 63.8 Å². The van der Waals surface area contributed by atoms with E-state index in [1.807, 2.05) is 18.7 Å². The largest absolute Gasteiger partial charge is 0.373 e. The molecule has 3 heterocycles. The fraction of sp³-hybridized carbons (Fsp3) is 0.680. The molecular weight excluding hydrogens is 454 g/mol. The minimum Gasteiger partial charge on any atom is -0.373 e. The molecule has 2 amide bonds. The smallest absolute Gasteiger partial charge is 0.253 e. The molecule has 0 spiro atoms. The Bertz CT molecular complexity index is 955. The number of hydrogen-bond acceptors (Lipinski definition) is 5. The quantitative estimate of drug-likeness (QED) is 0.646. The molecule has 2 atom stereocenters. The minimum absolute atomic E-state index is 0.00650. The van der Waals surface area contributed by atoms with E-state index in [1.54, 1.807) is 17.0 Å². The molecule has 3 aliphatic rings. The van der Waals surface area contributed by atoms with Gasteiger partial charge in [-0.25, -0.2) is 8.42 Å². The molecule has 188 valence electrons. The van der Waals surface area contributed by atoms with E-state index < -0.39 is 10.0 Å². The van der Waals surface area contributed by atoms with Gasteiger partial charge in [0.05, 0.1) is 17.1 Å². The lowest BCUT2D eigenvalue weighted by Gasteiger charge is -2.34. The van der Waals surface area contributed by atoms with Gasteiger partial charge in [0.25, 0.3) is 5.91 Å². The number of carbonyl (C=O) groups is 2. The molecule has 34 heavy (non-hydrogen) atoms. The van der Waals surface area contributed by atoms with E-state index in [4.69, 9.17) is 4.74 Å². The predicted molar refractivity (Wildman–Crippen MR) is 129 cm³/mol. The van der Waals surface area contributed by atoms with Gasteiger partial charge in [-0.3, -0.25) is 9.59 Å². The van der Waals surface area contributed by atoms with Gasteiger partial charge >= 0.3 is 0 Å². The Morgan fingerprint density at radius 1 is 0.824 bits per heavy atom. The van der Waals surface area contributed by atoms with Crippen LogP contribution in [0.2, 0.25) is 0 Å². The van der Waals surface area contributed by atoms with Crippen molar-refractivity contribution < 1.29 is 22.7 Å². The Morgan fingerprint density at radius 2 is 1.38 bits per heavy atom. The molecular formula is C25H37N3O5S. The monoisotopic (exact) mass is 491 g/mol. The van der Waals surface area contributed by atoms with Crippen LogP contribution in [0.5, 0.6) is 0 Å². The van der Waals surface area contributed by atoms with Crippen molar-refractivity contribution in [3.05, 3.63) is 29.8 Å². The summed E-state index contributed by atoms with van der Waals surface area (Å²) in [7, 11) is -3.64. The zero-order valence-corrected chi connectivity index (χ0v) is 21.1. The summed E-state index contributed by atoms with van der Waals surface area (Å²) in [5, 5.41) is 0. The first kappa shape index (κ1) is 25.1. The van der Waals surface area contributed by atoms with Gasteiger partial charge in [0.15, 0.2) is 0 Å². The molecule has 0 aliphatic carbocycles. The Morgan fingerprint density at radius 3 is 1.94 bits per heavy atom. The highest BCUT2D eigenvalue weighted by atomic mass is 32.2. The van der Waals surface area contributed by atoms with Gasteiger partial charge in [-0.15, -0.1) is 0 Å². The van der Waals surface area contributed by atoms with Crippen molar-refractivity contribution in [1.29, 1.82) is 0 Å². The van der Waals surface area contributed by atoms with Crippen molar-refractivity contribution in [3.63, 3.8) is 0 Å². The second-order valence-corrected chi connectivity index (χ2v) is 11.8. The first-order valence-electron chi connectivity index (χ1n) is 12.6. The highest BCUT2D eigenvalue weighted by Crippen LogP contribution is 2.25. The number of sulfonamides is 1. The molecule has 9 heteroatoms. The molecule has 0 N–H and O–H groups in total. The van der Waals surface area contributed by atoms with Gasteiger partial charge in [-0.2, -0.15) is 4.31 Å². The molecule has 0 aromatic heterocycles. The van der Waals surface area contributed by atoms with Crippen LogP contribution < -0.4 is 0 Å². The Labute approximate surface area is 203 Å². The van der Waals surface area contributed by atoms with Crippen molar-refractivity contribution in [1.82, 2.24) is 14.1 Å². The van der Waals surface area contributed by atoms with Gasteiger partial charge in [0, 0.05) is 50.7 Å². The van der Waals surface area contributed by atoms with Gasteiger partial charge in [0.1, 0.15) is 0 Å². The van der Waals surface area contributed by atoms with Crippen molar-refractivity contribution >= 4 is 21.8 Å². The summed E-state index contributed by atoms with van der Waals surface area (Å²) in [6.07, 6.45) is 5.60. The lowest BCUT2D eigenvalue weighted by Crippen LogP contribution is -2.48. The number of morpholine rings is 1. The van der Waals surface area contributed by atoms with Gasteiger partial charge in [-0.1, -0.05) is 12.8 Å². The number of ether oxygens (including phenoxy) is 1. The zero-order valence-electron chi connectivity index (χ0n) is 20.3. The van der Waals surface area contributed by atoms with Crippen molar-refractivity contribution in [2.24, 2.45) is 5.92 Å². The molecule has 1 aromatic carbocycles. The standard InChI is InChI=1S/C25H37N3O5S/c1-19-17-28(18-20(2)33-19)34(31,32)23-9-7-21(8-10-23)24(29)27-15-11-22(12-16-27)25(30)26-13-5-3-4-6-14-26/h7-10,19-20,22H,3-6,11-18H2,1-2H3/t19-,20-/m1/s1. The third-order valence-corrected chi connectivity index (χ3v) is 9.02. The highest BCUT2D eigenvalue weighted by molar-refractivity contribution is 7.89. The molecule has 3 saturated heterocycles. The summed E-state index contributed by atoms with van der Waals surface area (Å²) in [6.45, 7) is 7.18. The predicted octanol–water partition coefficient (Wildman–Crippen LogP) is 2.74. The van der Waals surface area contributed by atoms with Crippen molar-refractivity contribution in [2.45, 2.75) is 69.5 Å². The Hall–Kier alpha value is -1.97. The number of likely N-dealkylation sites (tertiary alicyclic amines) is 2. The average molecular weight is 492 g/mol. The Kier molecular flexibility index (Phi) is 7.94. The van der Waals surface area contributed by atoms with Crippen LogP contribution in [0.15, 0.2) is 29.2 Å². The Balaban J connectivity index is 1.34. The van der Waals surface area contributed by atoms with E-state index in [0.29, 0.717) is 44.6 Å². The van der Waals surface area contributed by atoms with Gasteiger partial charge < -0.3 is 14.5 Å². The normalized spacial score (nSPS) is 25.7. The fourth-order valence-corrected chi connectivity index (χ4v) is 6.90. The van der Waals surface area contributed by atoms with Crippen LogP contribution in [-0.2, 0) is 19.6 Å². The molecule has 3 fully saturated rings. The number of nitrogens with zero attached hydrogens (tertiary/aromatic N) is 3. The van der Waals surface area contributed by atoms with E-state index >= 15 is 0 Å². The molecule has 0 unspecified atom stereocenters. The van der Waals surface area contributed by atoms with Crippen LogP contribution >= 0.6 is 0 Å². The molecule has 3 aliphatic heterocycles. The van der Waals surface area contributed by atoms with Crippen LogP contribution in [0.4, 0.5) is 0 Å². The summed E-state index contributed by atoms with van der Waals surface area (Å²) in [5.41, 5.74) is 0.472. The molecule has 1 aromatic rings. The second-order valence-electron chi connectivity index (χ2n) is 9.91. The van der Waals surface area contributed by atoms with E-state index in [0.717, 1.165) is 25.9 Å². The number of rotatable bonds is 4. The second kappa shape index (κ2) is 10.7. The number of benzene rings is 1. The number of carbonyl (C=O) groups excluding carboxylic acids is 2. The summed E-state index contributed by atoms with van der Waals surface area (Å²) in [5.74, 6) is 0.126. The summed E-state index contributed by atoms with van der Waals surface area (Å²) in [6, 6.07) is 6.22. The third kappa shape index (κ3) is 5.63. The van der Waals surface area contributed by atoms with E-state index in [9.17, 15) is 18.0 Å². The van der Waals surface area contributed by atoms with Crippen LogP contribution in [0.1, 0.15) is 62.7 Å².